The Morgan fingerprint density at radius 2 is 2.05 bits per heavy atom. The first kappa shape index (κ1) is 16.4. The zero-order valence-corrected chi connectivity index (χ0v) is 13.0. The lowest BCUT2D eigenvalue weighted by atomic mass is 9.96. The molecular formula is C13H26N2O3S. The smallest absolute Gasteiger partial charge is 0.240 e. The average Bonchev–Trinajstić information content (AvgIpc) is 2.52. The third-order valence-electron chi connectivity index (χ3n) is 3.62. The first-order valence-corrected chi connectivity index (χ1v) is 8.98. The highest BCUT2D eigenvalue weighted by Crippen LogP contribution is 2.22. The van der Waals surface area contributed by atoms with Crippen LogP contribution in [0.15, 0.2) is 0 Å². The molecule has 0 aromatic heterocycles. The number of rotatable bonds is 5. The number of nitrogens with zero attached hydrogens (tertiary/aromatic N) is 1. The monoisotopic (exact) mass is 290 g/mol. The normalized spacial score (nSPS) is 22.9. The molecule has 19 heavy (non-hydrogen) atoms. The Labute approximate surface area is 116 Å². The topological polar surface area (TPSA) is 66.5 Å². The fourth-order valence-electron chi connectivity index (χ4n) is 2.73. The van der Waals surface area contributed by atoms with E-state index in [9.17, 15) is 13.2 Å². The fourth-order valence-corrected chi connectivity index (χ4v) is 3.47. The van der Waals surface area contributed by atoms with Crippen LogP contribution in [0.2, 0.25) is 0 Å². The van der Waals surface area contributed by atoms with Gasteiger partial charge in [0.2, 0.25) is 15.9 Å². The van der Waals surface area contributed by atoms with Crippen LogP contribution >= 0.6 is 0 Å². The van der Waals surface area contributed by atoms with Gasteiger partial charge in [-0.3, -0.25) is 4.79 Å². The van der Waals surface area contributed by atoms with Gasteiger partial charge < -0.3 is 4.90 Å². The van der Waals surface area contributed by atoms with Gasteiger partial charge in [-0.1, -0.05) is 19.8 Å². The molecule has 0 aromatic rings. The maximum atomic E-state index is 12.2. The van der Waals surface area contributed by atoms with Gasteiger partial charge in [-0.2, -0.15) is 0 Å². The van der Waals surface area contributed by atoms with E-state index in [0.29, 0.717) is 5.92 Å². The molecule has 0 saturated carbocycles. The van der Waals surface area contributed by atoms with Crippen molar-refractivity contribution >= 4 is 15.9 Å². The van der Waals surface area contributed by atoms with E-state index in [1.54, 1.807) is 11.8 Å². The lowest BCUT2D eigenvalue weighted by Crippen LogP contribution is -2.46. The minimum Gasteiger partial charge on any atom is -0.341 e. The van der Waals surface area contributed by atoms with E-state index in [0.717, 1.165) is 32.2 Å². The SMILES string of the molecule is CCC[C@H]1CCCN(C(=O)[C@@H](C)NS(C)(=O)=O)CC1. The summed E-state index contributed by atoms with van der Waals surface area (Å²) < 4.78 is 24.7. The number of amides is 1. The summed E-state index contributed by atoms with van der Waals surface area (Å²) in [6, 6.07) is -0.669. The second-order valence-electron chi connectivity index (χ2n) is 5.52. The highest BCUT2D eigenvalue weighted by Gasteiger charge is 2.25. The van der Waals surface area contributed by atoms with Crippen LogP contribution in [0.25, 0.3) is 0 Å². The van der Waals surface area contributed by atoms with E-state index >= 15 is 0 Å². The number of sulfonamides is 1. The summed E-state index contributed by atoms with van der Waals surface area (Å²) >= 11 is 0. The van der Waals surface area contributed by atoms with E-state index in [4.69, 9.17) is 0 Å². The molecule has 0 spiro atoms. The second kappa shape index (κ2) is 7.24. The Balaban J connectivity index is 2.53. The predicted octanol–water partition coefficient (Wildman–Crippen LogP) is 1.35. The molecule has 0 aliphatic carbocycles. The van der Waals surface area contributed by atoms with Gasteiger partial charge in [-0.25, -0.2) is 13.1 Å². The zero-order chi connectivity index (χ0) is 14.5. The fraction of sp³-hybridized carbons (Fsp3) is 0.923. The van der Waals surface area contributed by atoms with Crippen molar-refractivity contribution in [3.63, 3.8) is 0 Å². The highest BCUT2D eigenvalue weighted by atomic mass is 32.2. The van der Waals surface area contributed by atoms with Crippen LogP contribution in [0.3, 0.4) is 0 Å². The van der Waals surface area contributed by atoms with Crippen LogP contribution in [0.5, 0.6) is 0 Å². The summed E-state index contributed by atoms with van der Waals surface area (Å²) in [5, 5.41) is 0. The van der Waals surface area contributed by atoms with E-state index < -0.39 is 16.1 Å². The number of likely N-dealkylation sites (tertiary alicyclic amines) is 1. The molecule has 1 amide bonds. The molecule has 0 aromatic carbocycles. The number of carbonyl (C=O) groups excluding carboxylic acids is 1. The first-order chi connectivity index (χ1) is 8.83. The van der Waals surface area contributed by atoms with Crippen LogP contribution in [0.1, 0.15) is 46.0 Å². The average molecular weight is 290 g/mol. The van der Waals surface area contributed by atoms with Crippen molar-refractivity contribution in [1.82, 2.24) is 9.62 Å². The van der Waals surface area contributed by atoms with Crippen molar-refractivity contribution in [3.8, 4) is 0 Å². The Morgan fingerprint density at radius 1 is 1.37 bits per heavy atom. The molecule has 1 aliphatic heterocycles. The minimum absolute atomic E-state index is 0.109. The van der Waals surface area contributed by atoms with E-state index in [1.807, 2.05) is 0 Å². The lowest BCUT2D eigenvalue weighted by Gasteiger charge is -2.24. The summed E-state index contributed by atoms with van der Waals surface area (Å²) in [6.07, 6.45) is 6.71. The van der Waals surface area contributed by atoms with Gasteiger partial charge in [0.15, 0.2) is 0 Å². The second-order valence-corrected chi connectivity index (χ2v) is 7.30. The molecule has 112 valence electrons. The largest absolute Gasteiger partial charge is 0.341 e. The predicted molar refractivity (Wildman–Crippen MR) is 76.3 cm³/mol. The Kier molecular flexibility index (Phi) is 6.26. The van der Waals surface area contributed by atoms with Crippen LogP contribution in [-0.2, 0) is 14.8 Å². The molecule has 2 atom stereocenters. The maximum absolute atomic E-state index is 12.2. The summed E-state index contributed by atoms with van der Waals surface area (Å²) in [5.74, 6) is 0.601. The molecule has 1 heterocycles. The van der Waals surface area contributed by atoms with Crippen molar-refractivity contribution in [2.75, 3.05) is 19.3 Å². The summed E-state index contributed by atoms with van der Waals surface area (Å²) in [5.41, 5.74) is 0. The van der Waals surface area contributed by atoms with Gasteiger partial charge in [0.05, 0.1) is 12.3 Å². The molecule has 0 radical (unpaired) electrons. The van der Waals surface area contributed by atoms with Gasteiger partial charge in [0.25, 0.3) is 0 Å². The van der Waals surface area contributed by atoms with Gasteiger partial charge in [0, 0.05) is 13.1 Å². The molecule has 0 unspecified atom stereocenters. The zero-order valence-electron chi connectivity index (χ0n) is 12.2. The molecule has 6 heteroatoms. The number of hydrogen-bond donors (Lipinski definition) is 1. The molecule has 1 fully saturated rings. The van der Waals surface area contributed by atoms with Gasteiger partial charge in [-0.05, 0) is 32.1 Å². The van der Waals surface area contributed by atoms with Gasteiger partial charge in [-0.15, -0.1) is 0 Å². The summed E-state index contributed by atoms with van der Waals surface area (Å²) in [7, 11) is -3.33. The maximum Gasteiger partial charge on any atom is 0.240 e. The third-order valence-corrected chi connectivity index (χ3v) is 4.40. The quantitative estimate of drug-likeness (QED) is 0.831. The molecule has 5 nitrogen and oxygen atoms in total. The van der Waals surface area contributed by atoms with Crippen LogP contribution in [0, 0.1) is 5.92 Å². The standard InChI is InChI=1S/C13H26N2O3S/c1-4-6-12-7-5-9-15(10-8-12)13(16)11(2)14-19(3,17)18/h11-12,14H,4-10H2,1-3H3/t11-,12+/m1/s1. The first-order valence-electron chi connectivity index (χ1n) is 7.09. The summed E-state index contributed by atoms with van der Waals surface area (Å²) in [6.45, 7) is 5.29. The summed E-state index contributed by atoms with van der Waals surface area (Å²) in [4.78, 5) is 14.0. The number of carbonyl (C=O) groups is 1. The number of nitrogens with one attached hydrogen (secondary N) is 1. The van der Waals surface area contributed by atoms with Crippen molar-refractivity contribution in [1.29, 1.82) is 0 Å². The Morgan fingerprint density at radius 3 is 2.63 bits per heavy atom. The minimum atomic E-state index is -3.33. The Hall–Kier alpha value is -0.620. The van der Waals surface area contributed by atoms with Crippen molar-refractivity contribution < 1.29 is 13.2 Å². The Bertz CT molecular complexity index is 395. The molecule has 1 saturated heterocycles. The van der Waals surface area contributed by atoms with Gasteiger partial charge in [0.1, 0.15) is 0 Å². The van der Waals surface area contributed by atoms with E-state index in [-0.39, 0.29) is 5.91 Å². The van der Waals surface area contributed by atoms with Crippen molar-refractivity contribution in [2.24, 2.45) is 5.92 Å². The van der Waals surface area contributed by atoms with Crippen molar-refractivity contribution in [3.05, 3.63) is 0 Å². The highest BCUT2D eigenvalue weighted by molar-refractivity contribution is 7.88. The number of hydrogen-bond acceptors (Lipinski definition) is 3. The van der Waals surface area contributed by atoms with Gasteiger partial charge >= 0.3 is 0 Å². The molecule has 1 aliphatic rings. The van der Waals surface area contributed by atoms with Crippen LogP contribution in [0.4, 0.5) is 0 Å². The third kappa shape index (κ3) is 5.91. The molecule has 1 rings (SSSR count). The van der Waals surface area contributed by atoms with Crippen molar-refractivity contribution in [2.45, 2.75) is 52.0 Å². The molecular weight excluding hydrogens is 264 g/mol. The van der Waals surface area contributed by atoms with E-state index in [2.05, 4.69) is 11.6 Å². The van der Waals surface area contributed by atoms with Crippen LogP contribution in [-0.4, -0.2) is 44.6 Å². The van der Waals surface area contributed by atoms with E-state index in [1.165, 1.54) is 19.3 Å². The lowest BCUT2D eigenvalue weighted by molar-refractivity contribution is -0.132. The molecule has 0 bridgehead atoms. The van der Waals surface area contributed by atoms with Crippen LogP contribution < -0.4 is 4.72 Å². The molecule has 1 N–H and O–H groups in total.